The highest BCUT2D eigenvalue weighted by Crippen LogP contribution is 2.26. The van der Waals surface area contributed by atoms with Crippen molar-refractivity contribution in [1.82, 2.24) is 5.43 Å². The molecule has 2 rings (SSSR count). The van der Waals surface area contributed by atoms with Gasteiger partial charge in [-0.2, -0.15) is 0 Å². The molecular formula is C15H24N2O2. The number of hydrogen-bond acceptors (Lipinski definition) is 4. The van der Waals surface area contributed by atoms with Crippen molar-refractivity contribution in [2.24, 2.45) is 5.84 Å². The lowest BCUT2D eigenvalue weighted by Gasteiger charge is -2.16. The number of benzene rings is 1. The van der Waals surface area contributed by atoms with Crippen LogP contribution in [0.2, 0.25) is 0 Å². The summed E-state index contributed by atoms with van der Waals surface area (Å²) < 4.78 is 11.0. The van der Waals surface area contributed by atoms with Crippen LogP contribution in [0.3, 0.4) is 0 Å². The lowest BCUT2D eigenvalue weighted by atomic mass is 10.0. The van der Waals surface area contributed by atoms with Gasteiger partial charge >= 0.3 is 0 Å². The molecule has 106 valence electrons. The van der Waals surface area contributed by atoms with Crippen molar-refractivity contribution >= 4 is 0 Å². The fraction of sp³-hybridized carbons (Fsp3) is 0.600. The quantitative estimate of drug-likeness (QED) is 0.427. The normalized spacial score (nSPS) is 15.1. The topological polar surface area (TPSA) is 56.5 Å². The minimum atomic E-state index is 0.219. The van der Waals surface area contributed by atoms with Crippen LogP contribution < -0.4 is 16.0 Å². The van der Waals surface area contributed by atoms with Gasteiger partial charge in [-0.25, -0.2) is 0 Å². The molecule has 0 aliphatic carbocycles. The van der Waals surface area contributed by atoms with Crippen LogP contribution in [-0.4, -0.2) is 25.9 Å². The number of nitrogens with two attached hydrogens (primary N) is 1. The summed E-state index contributed by atoms with van der Waals surface area (Å²) in [5.74, 6) is 6.60. The molecule has 4 heteroatoms. The number of nitrogens with one attached hydrogen (secondary N) is 1. The molecule has 0 spiro atoms. The second kappa shape index (κ2) is 7.48. The molecule has 4 nitrogen and oxygen atoms in total. The van der Waals surface area contributed by atoms with Gasteiger partial charge in [0.05, 0.1) is 13.2 Å². The first-order valence-corrected chi connectivity index (χ1v) is 7.12. The van der Waals surface area contributed by atoms with Crippen LogP contribution in [-0.2, 0) is 17.6 Å². The van der Waals surface area contributed by atoms with Gasteiger partial charge in [-0.3, -0.25) is 11.3 Å². The van der Waals surface area contributed by atoms with Crippen molar-refractivity contribution in [3.63, 3.8) is 0 Å². The van der Waals surface area contributed by atoms with Crippen molar-refractivity contribution in [2.75, 3.05) is 19.8 Å². The summed E-state index contributed by atoms with van der Waals surface area (Å²) >= 11 is 0. The summed E-state index contributed by atoms with van der Waals surface area (Å²) in [6.07, 6.45) is 4.07. The van der Waals surface area contributed by atoms with E-state index in [1.54, 1.807) is 0 Å². The summed E-state index contributed by atoms with van der Waals surface area (Å²) in [5.41, 5.74) is 5.51. The second-order valence-electron chi connectivity index (χ2n) is 5.02. The van der Waals surface area contributed by atoms with Gasteiger partial charge < -0.3 is 9.47 Å². The molecule has 0 bridgehead atoms. The van der Waals surface area contributed by atoms with E-state index in [9.17, 15) is 0 Å². The molecule has 1 heterocycles. The highest BCUT2D eigenvalue weighted by molar-refractivity contribution is 5.39. The predicted octanol–water partition coefficient (Wildman–Crippen LogP) is 1.81. The molecule has 0 aromatic heterocycles. The van der Waals surface area contributed by atoms with E-state index in [1.165, 1.54) is 11.1 Å². The van der Waals surface area contributed by atoms with Crippen LogP contribution in [0.4, 0.5) is 0 Å². The Hall–Kier alpha value is -1.10. The summed E-state index contributed by atoms with van der Waals surface area (Å²) in [6, 6.07) is 6.69. The van der Waals surface area contributed by atoms with Crippen LogP contribution in [0.1, 0.15) is 30.9 Å². The predicted molar refractivity (Wildman–Crippen MR) is 76.2 cm³/mol. The Morgan fingerprint density at radius 1 is 1.47 bits per heavy atom. The Bertz CT molecular complexity index is 396. The van der Waals surface area contributed by atoms with Gasteiger partial charge in [0.2, 0.25) is 0 Å². The maximum absolute atomic E-state index is 5.56. The van der Waals surface area contributed by atoms with E-state index in [2.05, 4.69) is 30.5 Å². The highest BCUT2D eigenvalue weighted by Gasteiger charge is 2.13. The van der Waals surface area contributed by atoms with E-state index in [4.69, 9.17) is 15.3 Å². The van der Waals surface area contributed by atoms with Crippen molar-refractivity contribution in [3.05, 3.63) is 29.3 Å². The standard InChI is InChI=1S/C15H24N2O2/c1-2-8-18-11-14(17-16)5-3-12-4-6-15-13(10-12)7-9-19-15/h4,6,10,14,17H,2-3,5,7-9,11,16H2,1H3. The molecule has 19 heavy (non-hydrogen) atoms. The van der Waals surface area contributed by atoms with Crippen molar-refractivity contribution in [1.29, 1.82) is 0 Å². The van der Waals surface area contributed by atoms with E-state index in [-0.39, 0.29) is 6.04 Å². The number of ether oxygens (including phenoxy) is 2. The molecule has 0 radical (unpaired) electrons. The molecule has 1 aromatic rings. The Kier molecular flexibility index (Phi) is 5.63. The van der Waals surface area contributed by atoms with Crippen molar-refractivity contribution in [2.45, 2.75) is 38.6 Å². The summed E-state index contributed by atoms with van der Waals surface area (Å²) in [4.78, 5) is 0. The van der Waals surface area contributed by atoms with Crippen LogP contribution in [0.25, 0.3) is 0 Å². The molecule has 1 atom stereocenters. The number of fused-ring (bicyclic) bond motifs is 1. The molecule has 1 unspecified atom stereocenters. The zero-order chi connectivity index (χ0) is 13.5. The van der Waals surface area contributed by atoms with Gasteiger partial charge in [-0.15, -0.1) is 0 Å². The van der Waals surface area contributed by atoms with E-state index < -0.39 is 0 Å². The van der Waals surface area contributed by atoms with E-state index >= 15 is 0 Å². The number of rotatable bonds is 8. The third-order valence-electron chi connectivity index (χ3n) is 3.44. The third kappa shape index (κ3) is 4.20. The number of hydrazine groups is 1. The Labute approximate surface area is 115 Å². The summed E-state index contributed by atoms with van der Waals surface area (Å²) in [5, 5.41) is 0. The molecule has 0 saturated carbocycles. The van der Waals surface area contributed by atoms with Crippen molar-refractivity contribution < 1.29 is 9.47 Å². The first-order chi connectivity index (χ1) is 9.33. The van der Waals surface area contributed by atoms with Crippen LogP contribution in [0.15, 0.2) is 18.2 Å². The van der Waals surface area contributed by atoms with Gasteiger partial charge in [0, 0.05) is 19.1 Å². The zero-order valence-electron chi connectivity index (χ0n) is 11.7. The molecule has 3 N–H and O–H groups in total. The van der Waals surface area contributed by atoms with Crippen LogP contribution >= 0.6 is 0 Å². The Morgan fingerprint density at radius 3 is 3.16 bits per heavy atom. The summed E-state index contributed by atoms with van der Waals surface area (Å²) in [7, 11) is 0. The minimum absolute atomic E-state index is 0.219. The SMILES string of the molecule is CCCOCC(CCc1ccc2c(c1)CCO2)NN. The lowest BCUT2D eigenvalue weighted by Crippen LogP contribution is -2.39. The molecule has 0 amide bonds. The maximum atomic E-state index is 5.56. The lowest BCUT2D eigenvalue weighted by molar-refractivity contribution is 0.109. The zero-order valence-corrected chi connectivity index (χ0v) is 11.7. The first-order valence-electron chi connectivity index (χ1n) is 7.12. The smallest absolute Gasteiger partial charge is 0.122 e. The molecule has 1 aliphatic heterocycles. The second-order valence-corrected chi connectivity index (χ2v) is 5.02. The number of aryl methyl sites for hydroxylation is 1. The average molecular weight is 264 g/mol. The summed E-state index contributed by atoms with van der Waals surface area (Å²) in [6.45, 7) is 4.40. The number of hydrogen-bond donors (Lipinski definition) is 2. The molecule has 1 aliphatic rings. The Morgan fingerprint density at radius 2 is 2.37 bits per heavy atom. The molecule has 1 aromatic carbocycles. The van der Waals surface area contributed by atoms with E-state index in [1.807, 2.05) is 0 Å². The largest absolute Gasteiger partial charge is 0.493 e. The monoisotopic (exact) mass is 264 g/mol. The first kappa shape index (κ1) is 14.3. The minimum Gasteiger partial charge on any atom is -0.493 e. The highest BCUT2D eigenvalue weighted by atomic mass is 16.5. The van der Waals surface area contributed by atoms with Crippen molar-refractivity contribution in [3.8, 4) is 5.75 Å². The molecule has 0 saturated heterocycles. The van der Waals surface area contributed by atoms with Gasteiger partial charge in [0.15, 0.2) is 0 Å². The molecular weight excluding hydrogens is 240 g/mol. The van der Waals surface area contributed by atoms with E-state index in [0.717, 1.165) is 44.6 Å². The van der Waals surface area contributed by atoms with Crippen LogP contribution in [0.5, 0.6) is 5.75 Å². The fourth-order valence-corrected chi connectivity index (χ4v) is 2.32. The maximum Gasteiger partial charge on any atom is 0.122 e. The molecule has 0 fully saturated rings. The van der Waals surface area contributed by atoms with Gasteiger partial charge in [-0.1, -0.05) is 19.1 Å². The average Bonchev–Trinajstić information content (AvgIpc) is 2.90. The Balaban J connectivity index is 1.80. The van der Waals surface area contributed by atoms with E-state index in [0.29, 0.717) is 6.61 Å². The van der Waals surface area contributed by atoms with Gasteiger partial charge in [0.25, 0.3) is 0 Å². The fourth-order valence-electron chi connectivity index (χ4n) is 2.32. The van der Waals surface area contributed by atoms with Gasteiger partial charge in [0.1, 0.15) is 5.75 Å². The van der Waals surface area contributed by atoms with Gasteiger partial charge in [-0.05, 0) is 36.5 Å². The third-order valence-corrected chi connectivity index (χ3v) is 3.44. The van der Waals surface area contributed by atoms with Crippen LogP contribution in [0, 0.1) is 0 Å².